The first kappa shape index (κ1) is 22.1. The number of rotatable bonds is 6. The number of ketones is 1. The molecule has 1 aliphatic heterocycles. The Kier molecular flexibility index (Phi) is 6.18. The lowest BCUT2D eigenvalue weighted by molar-refractivity contribution is -0.132. The molecule has 1 amide bonds. The summed E-state index contributed by atoms with van der Waals surface area (Å²) in [5, 5.41) is 21.3. The molecule has 33 heavy (non-hydrogen) atoms. The Morgan fingerprint density at radius 2 is 1.73 bits per heavy atom. The molecule has 1 unspecified atom stereocenters. The van der Waals surface area contributed by atoms with Crippen molar-refractivity contribution in [2.45, 2.75) is 26.3 Å². The van der Waals surface area contributed by atoms with Gasteiger partial charge >= 0.3 is 0 Å². The summed E-state index contributed by atoms with van der Waals surface area (Å²) in [6, 6.07) is 19.5. The number of carbonyl (C=O) groups excluding carboxylic acids is 2. The molecule has 0 radical (unpaired) electrons. The van der Waals surface area contributed by atoms with Crippen molar-refractivity contribution >= 4 is 23.1 Å². The number of aromatic hydroxyl groups is 1. The molecule has 0 bridgehead atoms. The Morgan fingerprint density at radius 3 is 2.42 bits per heavy atom. The summed E-state index contributed by atoms with van der Waals surface area (Å²) in [6.45, 7) is 4.44. The maximum Gasteiger partial charge on any atom is 0.300 e. The van der Waals surface area contributed by atoms with Gasteiger partial charge in [-0.15, -0.1) is 0 Å². The number of amides is 1. The van der Waals surface area contributed by atoms with Crippen LogP contribution in [0.25, 0.3) is 5.76 Å². The molecule has 1 saturated heterocycles. The third-order valence-electron chi connectivity index (χ3n) is 5.52. The van der Waals surface area contributed by atoms with Crippen molar-refractivity contribution < 1.29 is 24.5 Å². The molecule has 168 valence electrons. The molecule has 3 aromatic carbocycles. The number of hydrogen-bond acceptors (Lipinski definition) is 5. The second-order valence-electron chi connectivity index (χ2n) is 7.98. The van der Waals surface area contributed by atoms with Crippen molar-refractivity contribution in [3.63, 3.8) is 0 Å². The van der Waals surface area contributed by atoms with Gasteiger partial charge in [-0.1, -0.05) is 48.9 Å². The summed E-state index contributed by atoms with van der Waals surface area (Å²) in [6.07, 6.45) is 0.829. The summed E-state index contributed by atoms with van der Waals surface area (Å²) in [7, 11) is 0. The number of ether oxygens (including phenoxy) is 1. The Labute approximate surface area is 192 Å². The highest BCUT2D eigenvalue weighted by atomic mass is 16.5. The van der Waals surface area contributed by atoms with Crippen LogP contribution in [0.1, 0.15) is 36.1 Å². The first-order valence-corrected chi connectivity index (χ1v) is 10.8. The van der Waals surface area contributed by atoms with Gasteiger partial charge in [-0.25, -0.2) is 0 Å². The number of carbonyl (C=O) groups is 2. The van der Waals surface area contributed by atoms with Crippen LogP contribution >= 0.6 is 0 Å². The summed E-state index contributed by atoms with van der Waals surface area (Å²) < 4.78 is 5.66. The van der Waals surface area contributed by atoms with Crippen molar-refractivity contribution in [2.24, 2.45) is 0 Å². The molecule has 0 spiro atoms. The van der Waals surface area contributed by atoms with E-state index in [0.717, 1.165) is 12.0 Å². The average molecular weight is 443 g/mol. The van der Waals surface area contributed by atoms with Crippen LogP contribution in [0.3, 0.4) is 0 Å². The molecule has 1 aliphatic rings. The molecule has 0 aromatic heterocycles. The molecule has 1 atom stereocenters. The maximum atomic E-state index is 13.2. The van der Waals surface area contributed by atoms with Crippen LogP contribution in [0, 0.1) is 6.92 Å². The Bertz CT molecular complexity index is 1230. The van der Waals surface area contributed by atoms with Gasteiger partial charge in [-0.05, 0) is 55.3 Å². The monoisotopic (exact) mass is 443 g/mol. The van der Waals surface area contributed by atoms with Crippen LogP contribution in [-0.2, 0) is 9.59 Å². The highest BCUT2D eigenvalue weighted by molar-refractivity contribution is 6.51. The number of phenolic OH excluding ortho intramolecular Hbond substituents is 1. The van der Waals surface area contributed by atoms with E-state index in [1.165, 1.54) is 17.0 Å². The van der Waals surface area contributed by atoms with Crippen molar-refractivity contribution in [2.75, 3.05) is 11.5 Å². The van der Waals surface area contributed by atoms with E-state index in [4.69, 9.17) is 4.74 Å². The normalized spacial score (nSPS) is 17.4. The van der Waals surface area contributed by atoms with Gasteiger partial charge in [0.15, 0.2) is 0 Å². The van der Waals surface area contributed by atoms with Crippen molar-refractivity contribution in [1.82, 2.24) is 0 Å². The molecule has 0 aliphatic carbocycles. The van der Waals surface area contributed by atoms with Crippen molar-refractivity contribution in [3.8, 4) is 11.5 Å². The number of aryl methyl sites for hydroxylation is 1. The van der Waals surface area contributed by atoms with E-state index in [1.54, 1.807) is 48.5 Å². The van der Waals surface area contributed by atoms with Gasteiger partial charge < -0.3 is 14.9 Å². The second-order valence-corrected chi connectivity index (χ2v) is 7.98. The number of hydrogen-bond donors (Lipinski definition) is 2. The molecule has 0 saturated carbocycles. The predicted octanol–water partition coefficient (Wildman–Crippen LogP) is 5.12. The summed E-state index contributed by atoms with van der Waals surface area (Å²) >= 11 is 0. The lowest BCUT2D eigenvalue weighted by Crippen LogP contribution is -2.29. The Morgan fingerprint density at radius 1 is 1.00 bits per heavy atom. The first-order valence-electron chi connectivity index (χ1n) is 10.8. The summed E-state index contributed by atoms with van der Waals surface area (Å²) in [4.78, 5) is 27.7. The highest BCUT2D eigenvalue weighted by Gasteiger charge is 2.47. The lowest BCUT2D eigenvalue weighted by atomic mass is 9.95. The number of benzene rings is 3. The minimum absolute atomic E-state index is 0.00282. The van der Waals surface area contributed by atoms with Gasteiger partial charge in [0, 0.05) is 11.3 Å². The van der Waals surface area contributed by atoms with E-state index < -0.39 is 17.7 Å². The van der Waals surface area contributed by atoms with Crippen LogP contribution in [0.15, 0.2) is 78.4 Å². The third-order valence-corrected chi connectivity index (χ3v) is 5.52. The second kappa shape index (κ2) is 9.20. The van der Waals surface area contributed by atoms with Crippen LogP contribution < -0.4 is 9.64 Å². The molecule has 6 nitrogen and oxygen atoms in total. The topological polar surface area (TPSA) is 87.1 Å². The number of phenols is 1. The van der Waals surface area contributed by atoms with Gasteiger partial charge in [-0.3, -0.25) is 14.5 Å². The zero-order valence-electron chi connectivity index (χ0n) is 18.5. The molecule has 6 heteroatoms. The Hall–Kier alpha value is -4.06. The largest absolute Gasteiger partial charge is 0.508 e. The minimum atomic E-state index is -0.903. The SMILES string of the molecule is CCCOc1cccc(/C(O)=C2/C(=O)C(=O)N(c3ccc(C)cc3)C2c2cccc(O)c2)c1. The number of nitrogens with zero attached hydrogens (tertiary/aromatic N) is 1. The maximum absolute atomic E-state index is 13.2. The fraction of sp³-hybridized carbons (Fsp3) is 0.185. The zero-order valence-corrected chi connectivity index (χ0v) is 18.5. The molecule has 3 aromatic rings. The third kappa shape index (κ3) is 4.32. The predicted molar refractivity (Wildman–Crippen MR) is 126 cm³/mol. The molecule has 4 rings (SSSR count). The molecule has 1 heterocycles. The van der Waals surface area contributed by atoms with E-state index in [-0.39, 0.29) is 17.1 Å². The van der Waals surface area contributed by atoms with Gasteiger partial charge in [0.25, 0.3) is 11.7 Å². The van der Waals surface area contributed by atoms with E-state index >= 15 is 0 Å². The van der Waals surface area contributed by atoms with Crippen LogP contribution in [0.2, 0.25) is 0 Å². The molecular weight excluding hydrogens is 418 g/mol. The van der Waals surface area contributed by atoms with Crippen LogP contribution in [-0.4, -0.2) is 28.5 Å². The highest BCUT2D eigenvalue weighted by Crippen LogP contribution is 2.43. The van der Waals surface area contributed by atoms with E-state index in [2.05, 4.69) is 0 Å². The number of aliphatic hydroxyl groups excluding tert-OH is 1. The minimum Gasteiger partial charge on any atom is -0.508 e. The number of anilines is 1. The van der Waals surface area contributed by atoms with Crippen LogP contribution in [0.4, 0.5) is 5.69 Å². The van der Waals surface area contributed by atoms with Crippen LogP contribution in [0.5, 0.6) is 11.5 Å². The smallest absolute Gasteiger partial charge is 0.300 e. The van der Waals surface area contributed by atoms with Crippen molar-refractivity contribution in [1.29, 1.82) is 0 Å². The van der Waals surface area contributed by atoms with Gasteiger partial charge in [0.05, 0.1) is 18.2 Å². The van der Waals surface area contributed by atoms with E-state index in [9.17, 15) is 19.8 Å². The quantitative estimate of drug-likeness (QED) is 0.314. The van der Waals surface area contributed by atoms with Gasteiger partial charge in [0.1, 0.15) is 17.3 Å². The summed E-state index contributed by atoms with van der Waals surface area (Å²) in [5.41, 5.74) is 2.37. The molecule has 1 fully saturated rings. The molecular formula is C27H25NO5. The molecule has 2 N–H and O–H groups in total. The first-order chi connectivity index (χ1) is 15.9. The number of aliphatic hydroxyl groups is 1. The lowest BCUT2D eigenvalue weighted by Gasteiger charge is -2.25. The van der Waals surface area contributed by atoms with Gasteiger partial charge in [-0.2, -0.15) is 0 Å². The van der Waals surface area contributed by atoms with E-state index in [1.807, 2.05) is 26.0 Å². The standard InChI is InChI=1S/C27H25NO5/c1-3-14-33-22-9-5-7-19(16-22)25(30)23-24(18-6-4-8-21(29)15-18)28(27(32)26(23)31)20-12-10-17(2)11-13-20/h4-13,15-16,24,29-30H,3,14H2,1-2H3/b25-23-. The zero-order chi connectivity index (χ0) is 23.5. The Balaban J connectivity index is 1.89. The fourth-order valence-electron chi connectivity index (χ4n) is 3.92. The van der Waals surface area contributed by atoms with E-state index in [0.29, 0.717) is 29.2 Å². The average Bonchev–Trinajstić information content (AvgIpc) is 3.08. The van der Waals surface area contributed by atoms with Gasteiger partial charge in [0.2, 0.25) is 0 Å². The summed E-state index contributed by atoms with van der Waals surface area (Å²) in [5.74, 6) is -1.27. The fourth-order valence-corrected chi connectivity index (χ4v) is 3.92. The van der Waals surface area contributed by atoms with Crippen molar-refractivity contribution in [3.05, 3.63) is 95.1 Å². The number of Topliss-reactive ketones (excluding diaryl/α,β-unsaturated/α-hetero) is 1.